The van der Waals surface area contributed by atoms with Gasteiger partial charge in [-0.2, -0.15) is 0 Å². The summed E-state index contributed by atoms with van der Waals surface area (Å²) in [5, 5.41) is 0. The smallest absolute Gasteiger partial charge is 0.0184 e. The van der Waals surface area contributed by atoms with Gasteiger partial charge in [-0.15, -0.1) is 0 Å². The van der Waals surface area contributed by atoms with Crippen LogP contribution in [0, 0.1) is 12.8 Å². The summed E-state index contributed by atoms with van der Waals surface area (Å²) in [5.74, 6) is 0.744. The van der Waals surface area contributed by atoms with Crippen molar-refractivity contribution in [3.63, 3.8) is 0 Å². The molecule has 0 nitrogen and oxygen atoms in total. The highest BCUT2D eigenvalue weighted by atomic mass is 14.1. The van der Waals surface area contributed by atoms with Gasteiger partial charge in [0.25, 0.3) is 0 Å². The van der Waals surface area contributed by atoms with E-state index in [0.717, 1.165) is 5.92 Å². The third kappa shape index (κ3) is 3.19. The zero-order chi connectivity index (χ0) is 13.8. The lowest BCUT2D eigenvalue weighted by atomic mass is 9.89. The lowest BCUT2D eigenvalue weighted by Gasteiger charge is -2.16. The molecule has 0 heteroatoms. The van der Waals surface area contributed by atoms with Gasteiger partial charge in [0, 0.05) is 0 Å². The summed E-state index contributed by atoms with van der Waals surface area (Å²) in [7, 11) is 0. The maximum absolute atomic E-state index is 2.40. The number of allylic oxidation sites excluding steroid dienone is 2. The van der Waals surface area contributed by atoms with E-state index in [2.05, 4.69) is 67.6 Å². The monoisotopic (exact) mass is 262 g/mol. The number of hydrogen-bond donors (Lipinski definition) is 0. The molecule has 0 radical (unpaired) electrons. The van der Waals surface area contributed by atoms with Crippen LogP contribution in [0.3, 0.4) is 0 Å². The molecule has 2 aromatic rings. The molecule has 0 N–H and O–H groups in total. The van der Waals surface area contributed by atoms with Crippen LogP contribution in [0.15, 0.2) is 60.7 Å². The van der Waals surface area contributed by atoms with Crippen LogP contribution in [0.25, 0.3) is 11.1 Å². The Balaban J connectivity index is 1.72. The van der Waals surface area contributed by atoms with Crippen LogP contribution in [0.1, 0.15) is 30.4 Å². The standard InChI is InChI=1S/C20H22/c1-16-7-11-19(12-8-16)20-13-9-18(10-14-20)15-17-5-3-2-4-6-17/h3,5,7-14,17H,2,4,6,15H2,1H3/t17-/m1/s1. The molecule has 0 unspecified atom stereocenters. The van der Waals surface area contributed by atoms with E-state index in [9.17, 15) is 0 Å². The van der Waals surface area contributed by atoms with E-state index >= 15 is 0 Å². The minimum absolute atomic E-state index is 0.744. The second-order valence-electron chi connectivity index (χ2n) is 5.89. The van der Waals surface area contributed by atoms with Crippen molar-refractivity contribution in [2.75, 3.05) is 0 Å². The van der Waals surface area contributed by atoms with Crippen molar-refractivity contribution in [2.45, 2.75) is 32.6 Å². The van der Waals surface area contributed by atoms with Crippen LogP contribution in [-0.4, -0.2) is 0 Å². The van der Waals surface area contributed by atoms with Crippen LogP contribution in [-0.2, 0) is 6.42 Å². The summed E-state index contributed by atoms with van der Waals surface area (Å²) >= 11 is 0. The van der Waals surface area contributed by atoms with Gasteiger partial charge in [-0.3, -0.25) is 0 Å². The van der Waals surface area contributed by atoms with Gasteiger partial charge in [-0.05, 0) is 55.2 Å². The predicted molar refractivity (Wildman–Crippen MR) is 86.8 cm³/mol. The van der Waals surface area contributed by atoms with E-state index in [1.165, 1.54) is 47.9 Å². The second-order valence-corrected chi connectivity index (χ2v) is 5.89. The molecular weight excluding hydrogens is 240 g/mol. The van der Waals surface area contributed by atoms with Crippen molar-refractivity contribution in [1.82, 2.24) is 0 Å². The Kier molecular flexibility index (Phi) is 4.01. The van der Waals surface area contributed by atoms with E-state index in [1.807, 2.05) is 0 Å². The molecule has 0 saturated carbocycles. The van der Waals surface area contributed by atoms with Gasteiger partial charge >= 0.3 is 0 Å². The van der Waals surface area contributed by atoms with E-state index < -0.39 is 0 Å². The van der Waals surface area contributed by atoms with E-state index in [4.69, 9.17) is 0 Å². The normalized spacial score (nSPS) is 18.1. The average Bonchev–Trinajstić information content (AvgIpc) is 2.50. The van der Waals surface area contributed by atoms with Crippen LogP contribution in [0.4, 0.5) is 0 Å². The molecule has 1 atom stereocenters. The lowest BCUT2D eigenvalue weighted by molar-refractivity contribution is 0.539. The Morgan fingerprint density at radius 1 is 0.900 bits per heavy atom. The molecule has 1 aliphatic rings. The zero-order valence-electron chi connectivity index (χ0n) is 12.2. The predicted octanol–water partition coefficient (Wildman–Crippen LogP) is 5.56. The first kappa shape index (κ1) is 13.2. The molecule has 1 aliphatic carbocycles. The molecule has 3 rings (SSSR count). The summed E-state index contributed by atoms with van der Waals surface area (Å²) in [6.45, 7) is 2.13. The largest absolute Gasteiger partial charge is 0.0882 e. The molecule has 0 spiro atoms. The number of rotatable bonds is 3. The molecule has 0 aliphatic heterocycles. The quantitative estimate of drug-likeness (QED) is 0.635. The van der Waals surface area contributed by atoms with Gasteiger partial charge in [0.15, 0.2) is 0 Å². The fourth-order valence-corrected chi connectivity index (χ4v) is 2.93. The summed E-state index contributed by atoms with van der Waals surface area (Å²) in [4.78, 5) is 0. The Morgan fingerprint density at radius 3 is 2.15 bits per heavy atom. The Labute approximate surface area is 122 Å². The third-order valence-electron chi connectivity index (χ3n) is 4.19. The maximum atomic E-state index is 2.40. The lowest BCUT2D eigenvalue weighted by Crippen LogP contribution is -2.04. The molecule has 0 aromatic heterocycles. The Morgan fingerprint density at radius 2 is 1.55 bits per heavy atom. The molecule has 0 fully saturated rings. The highest BCUT2D eigenvalue weighted by Gasteiger charge is 2.09. The minimum atomic E-state index is 0.744. The van der Waals surface area contributed by atoms with Gasteiger partial charge in [0.2, 0.25) is 0 Å². The minimum Gasteiger partial charge on any atom is -0.0882 e. The summed E-state index contributed by atoms with van der Waals surface area (Å²) in [6.07, 6.45) is 9.89. The van der Waals surface area contributed by atoms with Crippen LogP contribution >= 0.6 is 0 Å². The van der Waals surface area contributed by atoms with E-state index in [-0.39, 0.29) is 0 Å². The summed E-state index contributed by atoms with van der Waals surface area (Å²) < 4.78 is 0. The van der Waals surface area contributed by atoms with Crippen molar-refractivity contribution in [1.29, 1.82) is 0 Å². The summed E-state index contributed by atoms with van der Waals surface area (Å²) in [6, 6.07) is 17.9. The first-order valence-electron chi connectivity index (χ1n) is 7.64. The zero-order valence-corrected chi connectivity index (χ0v) is 12.2. The fourth-order valence-electron chi connectivity index (χ4n) is 2.93. The van der Waals surface area contributed by atoms with Gasteiger partial charge in [0.05, 0.1) is 0 Å². The highest BCUT2D eigenvalue weighted by molar-refractivity contribution is 5.63. The molecule has 0 heterocycles. The number of aryl methyl sites for hydroxylation is 1. The van der Waals surface area contributed by atoms with Crippen LogP contribution in [0.5, 0.6) is 0 Å². The average molecular weight is 262 g/mol. The Hall–Kier alpha value is -1.82. The van der Waals surface area contributed by atoms with Crippen molar-refractivity contribution in [3.05, 3.63) is 71.8 Å². The highest BCUT2D eigenvalue weighted by Crippen LogP contribution is 2.24. The van der Waals surface area contributed by atoms with Gasteiger partial charge < -0.3 is 0 Å². The molecule has 0 bridgehead atoms. The molecular formula is C20H22. The Bertz CT molecular complexity index is 572. The summed E-state index contributed by atoms with van der Waals surface area (Å²) in [5.41, 5.74) is 5.39. The molecule has 2 aromatic carbocycles. The molecule has 0 saturated heterocycles. The number of hydrogen-bond acceptors (Lipinski definition) is 0. The maximum Gasteiger partial charge on any atom is -0.0184 e. The first-order chi connectivity index (χ1) is 9.81. The second kappa shape index (κ2) is 6.09. The van der Waals surface area contributed by atoms with Crippen molar-refractivity contribution in [3.8, 4) is 11.1 Å². The SMILES string of the molecule is Cc1ccc(-c2ccc(C[C@@H]3C=CCCC3)cc2)cc1. The van der Waals surface area contributed by atoms with E-state index in [1.54, 1.807) is 0 Å². The van der Waals surface area contributed by atoms with Crippen LogP contribution < -0.4 is 0 Å². The first-order valence-corrected chi connectivity index (χ1v) is 7.64. The van der Waals surface area contributed by atoms with Gasteiger partial charge in [-0.1, -0.05) is 66.2 Å². The van der Waals surface area contributed by atoms with Crippen molar-refractivity contribution in [2.24, 2.45) is 5.92 Å². The van der Waals surface area contributed by atoms with Gasteiger partial charge in [0.1, 0.15) is 0 Å². The molecule has 0 amide bonds. The van der Waals surface area contributed by atoms with E-state index in [0.29, 0.717) is 0 Å². The topological polar surface area (TPSA) is 0 Å². The van der Waals surface area contributed by atoms with Crippen LogP contribution in [0.2, 0.25) is 0 Å². The third-order valence-corrected chi connectivity index (χ3v) is 4.19. The van der Waals surface area contributed by atoms with Gasteiger partial charge in [-0.25, -0.2) is 0 Å². The molecule has 102 valence electrons. The fraction of sp³-hybridized carbons (Fsp3) is 0.300. The van der Waals surface area contributed by atoms with Crippen molar-refractivity contribution >= 4 is 0 Å². The number of benzene rings is 2. The van der Waals surface area contributed by atoms with Crippen molar-refractivity contribution < 1.29 is 0 Å². The molecule has 20 heavy (non-hydrogen) atoms.